The van der Waals surface area contributed by atoms with E-state index in [9.17, 15) is 0 Å². The standard InChI is InChI=1S/C18H35N/c1-5-18(6-2)11-10-16(12-15-8-9-15)17(13-18)14(4)19-7-3/h14-17,19H,5-13H2,1-4H3. The summed E-state index contributed by atoms with van der Waals surface area (Å²) in [5.74, 6) is 3.03. The van der Waals surface area contributed by atoms with Gasteiger partial charge in [0.15, 0.2) is 0 Å². The molecule has 1 nitrogen and oxygen atoms in total. The Balaban J connectivity index is 2.03. The molecule has 0 aromatic rings. The molecule has 2 saturated carbocycles. The van der Waals surface area contributed by atoms with E-state index in [0.717, 1.165) is 24.3 Å². The summed E-state index contributed by atoms with van der Waals surface area (Å²) in [5.41, 5.74) is 0.661. The molecule has 0 radical (unpaired) electrons. The van der Waals surface area contributed by atoms with E-state index in [1.807, 2.05) is 0 Å². The van der Waals surface area contributed by atoms with Crippen LogP contribution in [0.5, 0.6) is 0 Å². The summed E-state index contributed by atoms with van der Waals surface area (Å²) in [7, 11) is 0. The number of hydrogen-bond acceptors (Lipinski definition) is 1. The molecule has 0 bridgehead atoms. The van der Waals surface area contributed by atoms with Gasteiger partial charge in [0.2, 0.25) is 0 Å². The summed E-state index contributed by atoms with van der Waals surface area (Å²) >= 11 is 0. The predicted molar refractivity (Wildman–Crippen MR) is 84.3 cm³/mol. The molecule has 0 saturated heterocycles. The highest BCUT2D eigenvalue weighted by Crippen LogP contribution is 2.51. The first-order chi connectivity index (χ1) is 9.14. The van der Waals surface area contributed by atoms with Gasteiger partial charge in [-0.05, 0) is 62.3 Å². The molecule has 0 amide bonds. The highest BCUT2D eigenvalue weighted by molar-refractivity contribution is 4.94. The lowest BCUT2D eigenvalue weighted by Crippen LogP contribution is -2.44. The highest BCUT2D eigenvalue weighted by atomic mass is 14.9. The van der Waals surface area contributed by atoms with Crippen LogP contribution in [-0.2, 0) is 0 Å². The van der Waals surface area contributed by atoms with E-state index in [-0.39, 0.29) is 0 Å². The van der Waals surface area contributed by atoms with Crippen molar-refractivity contribution in [3.05, 3.63) is 0 Å². The average molecular weight is 265 g/mol. The van der Waals surface area contributed by atoms with Crippen LogP contribution in [0.1, 0.15) is 79.1 Å². The Morgan fingerprint density at radius 1 is 1.11 bits per heavy atom. The Morgan fingerprint density at radius 3 is 2.32 bits per heavy atom. The topological polar surface area (TPSA) is 12.0 Å². The SMILES string of the molecule is CCNC(C)C1CC(CC)(CC)CCC1CC1CC1. The molecular weight excluding hydrogens is 230 g/mol. The molecule has 0 aromatic heterocycles. The van der Waals surface area contributed by atoms with E-state index >= 15 is 0 Å². The third-order valence-corrected chi connectivity index (χ3v) is 6.32. The van der Waals surface area contributed by atoms with Gasteiger partial charge in [0.05, 0.1) is 0 Å². The number of rotatable bonds is 7. The molecule has 0 spiro atoms. The minimum Gasteiger partial charge on any atom is -0.314 e. The Hall–Kier alpha value is -0.0400. The lowest BCUT2D eigenvalue weighted by Gasteiger charge is -2.47. The molecule has 0 heterocycles. The molecular formula is C18H35N. The maximum Gasteiger partial charge on any atom is 0.00697 e. The van der Waals surface area contributed by atoms with Crippen LogP contribution < -0.4 is 5.32 Å². The average Bonchev–Trinajstić information content (AvgIpc) is 3.24. The van der Waals surface area contributed by atoms with Gasteiger partial charge < -0.3 is 5.32 Å². The van der Waals surface area contributed by atoms with Gasteiger partial charge in [0.25, 0.3) is 0 Å². The normalized spacial score (nSPS) is 32.2. The second-order valence-electron chi connectivity index (χ2n) is 7.40. The highest BCUT2D eigenvalue weighted by Gasteiger charge is 2.42. The van der Waals surface area contributed by atoms with Crippen molar-refractivity contribution in [3.63, 3.8) is 0 Å². The van der Waals surface area contributed by atoms with Crippen LogP contribution in [0.25, 0.3) is 0 Å². The third kappa shape index (κ3) is 3.74. The van der Waals surface area contributed by atoms with Gasteiger partial charge in [-0.3, -0.25) is 0 Å². The van der Waals surface area contributed by atoms with Gasteiger partial charge in [-0.1, -0.05) is 46.5 Å². The van der Waals surface area contributed by atoms with E-state index in [0.29, 0.717) is 11.5 Å². The van der Waals surface area contributed by atoms with Crippen molar-refractivity contribution in [2.24, 2.45) is 23.2 Å². The zero-order valence-electron chi connectivity index (χ0n) is 13.7. The minimum absolute atomic E-state index is 0.661. The summed E-state index contributed by atoms with van der Waals surface area (Å²) in [5, 5.41) is 3.72. The molecule has 1 heteroatoms. The van der Waals surface area contributed by atoms with Crippen molar-refractivity contribution < 1.29 is 0 Å². The molecule has 3 unspecified atom stereocenters. The largest absolute Gasteiger partial charge is 0.314 e. The number of hydrogen-bond donors (Lipinski definition) is 1. The van der Waals surface area contributed by atoms with Gasteiger partial charge in [-0.2, -0.15) is 0 Å². The van der Waals surface area contributed by atoms with Crippen molar-refractivity contribution in [1.29, 1.82) is 0 Å². The predicted octanol–water partition coefficient (Wildman–Crippen LogP) is 5.01. The Labute approximate surface area is 120 Å². The van der Waals surface area contributed by atoms with Crippen LogP contribution in [0.2, 0.25) is 0 Å². The Bertz CT molecular complexity index is 265. The zero-order valence-corrected chi connectivity index (χ0v) is 13.7. The second kappa shape index (κ2) is 6.61. The second-order valence-corrected chi connectivity index (χ2v) is 7.40. The molecule has 19 heavy (non-hydrogen) atoms. The van der Waals surface area contributed by atoms with E-state index in [1.165, 1.54) is 51.4 Å². The van der Waals surface area contributed by atoms with E-state index in [1.54, 1.807) is 0 Å². The van der Waals surface area contributed by atoms with E-state index < -0.39 is 0 Å². The van der Waals surface area contributed by atoms with Crippen LogP contribution in [0, 0.1) is 23.2 Å². The Kier molecular flexibility index (Phi) is 5.34. The van der Waals surface area contributed by atoms with Crippen molar-refractivity contribution in [3.8, 4) is 0 Å². The smallest absolute Gasteiger partial charge is 0.00697 e. The molecule has 2 rings (SSSR count). The van der Waals surface area contributed by atoms with Gasteiger partial charge in [-0.25, -0.2) is 0 Å². The van der Waals surface area contributed by atoms with Crippen LogP contribution in [0.15, 0.2) is 0 Å². The van der Waals surface area contributed by atoms with E-state index in [2.05, 4.69) is 33.0 Å². The maximum atomic E-state index is 3.72. The van der Waals surface area contributed by atoms with Crippen molar-refractivity contribution >= 4 is 0 Å². The summed E-state index contributed by atoms with van der Waals surface area (Å²) in [6.07, 6.45) is 11.8. The van der Waals surface area contributed by atoms with Gasteiger partial charge in [0.1, 0.15) is 0 Å². The molecule has 2 aliphatic carbocycles. The van der Waals surface area contributed by atoms with Gasteiger partial charge in [0, 0.05) is 6.04 Å². The fourth-order valence-corrected chi connectivity index (χ4v) is 4.50. The summed E-state index contributed by atoms with van der Waals surface area (Å²) < 4.78 is 0. The maximum absolute atomic E-state index is 3.72. The molecule has 112 valence electrons. The summed E-state index contributed by atoms with van der Waals surface area (Å²) in [6, 6.07) is 0.714. The minimum atomic E-state index is 0.661. The fourth-order valence-electron chi connectivity index (χ4n) is 4.50. The van der Waals surface area contributed by atoms with Crippen LogP contribution >= 0.6 is 0 Å². The van der Waals surface area contributed by atoms with Crippen LogP contribution in [0.3, 0.4) is 0 Å². The first kappa shape index (κ1) is 15.4. The fraction of sp³-hybridized carbons (Fsp3) is 1.00. The van der Waals surface area contributed by atoms with Crippen LogP contribution in [0.4, 0.5) is 0 Å². The lowest BCUT2D eigenvalue weighted by molar-refractivity contribution is 0.0530. The molecule has 2 fully saturated rings. The van der Waals surface area contributed by atoms with Crippen LogP contribution in [-0.4, -0.2) is 12.6 Å². The molecule has 0 aromatic carbocycles. The van der Waals surface area contributed by atoms with Gasteiger partial charge in [-0.15, -0.1) is 0 Å². The Morgan fingerprint density at radius 2 is 1.79 bits per heavy atom. The molecule has 2 aliphatic rings. The lowest BCUT2D eigenvalue weighted by atomic mass is 9.60. The monoisotopic (exact) mass is 265 g/mol. The van der Waals surface area contributed by atoms with Gasteiger partial charge >= 0.3 is 0 Å². The number of nitrogens with one attached hydrogen (secondary N) is 1. The van der Waals surface area contributed by atoms with E-state index in [4.69, 9.17) is 0 Å². The quantitative estimate of drug-likeness (QED) is 0.682. The summed E-state index contributed by atoms with van der Waals surface area (Å²) in [6.45, 7) is 10.6. The first-order valence-electron chi connectivity index (χ1n) is 8.87. The summed E-state index contributed by atoms with van der Waals surface area (Å²) in [4.78, 5) is 0. The van der Waals surface area contributed by atoms with Crippen molar-refractivity contribution in [2.75, 3.05) is 6.54 Å². The van der Waals surface area contributed by atoms with Crippen molar-refractivity contribution in [2.45, 2.75) is 85.1 Å². The third-order valence-electron chi connectivity index (χ3n) is 6.32. The zero-order chi connectivity index (χ0) is 13.9. The molecule has 3 atom stereocenters. The molecule has 1 N–H and O–H groups in total. The molecule has 0 aliphatic heterocycles. The van der Waals surface area contributed by atoms with Crippen molar-refractivity contribution in [1.82, 2.24) is 5.32 Å². The first-order valence-corrected chi connectivity index (χ1v) is 8.87.